The van der Waals surface area contributed by atoms with E-state index in [0.717, 1.165) is 29.7 Å². The van der Waals surface area contributed by atoms with E-state index in [2.05, 4.69) is 25.9 Å². The SMILES string of the molecule is CN(c1ncnc2[nH]ccc12)[C@H]1C[C@@H](CS(=O)(=O)[C@H]2C[C@@H](C#N)C2)C1. The molecule has 0 aromatic carbocycles. The minimum Gasteiger partial charge on any atom is -0.356 e. The summed E-state index contributed by atoms with van der Waals surface area (Å²) in [5.74, 6) is 1.28. The van der Waals surface area contributed by atoms with Crippen LogP contribution >= 0.6 is 0 Å². The molecule has 0 atom stereocenters. The lowest BCUT2D eigenvalue weighted by atomic mass is 9.80. The molecule has 0 aliphatic heterocycles. The second kappa shape index (κ2) is 5.99. The lowest BCUT2D eigenvalue weighted by molar-refractivity contribution is 0.279. The molecule has 0 saturated heterocycles. The molecule has 0 bridgehead atoms. The highest BCUT2D eigenvalue weighted by molar-refractivity contribution is 7.92. The smallest absolute Gasteiger partial charge is 0.153 e. The highest BCUT2D eigenvalue weighted by Gasteiger charge is 2.42. The van der Waals surface area contributed by atoms with E-state index in [4.69, 9.17) is 5.26 Å². The minimum atomic E-state index is -3.07. The molecule has 1 N–H and O–H groups in total. The average molecular weight is 359 g/mol. The van der Waals surface area contributed by atoms with Crippen molar-refractivity contribution < 1.29 is 8.42 Å². The largest absolute Gasteiger partial charge is 0.356 e. The monoisotopic (exact) mass is 359 g/mol. The number of anilines is 1. The van der Waals surface area contributed by atoms with Crippen LogP contribution in [0.15, 0.2) is 18.6 Å². The zero-order valence-corrected chi connectivity index (χ0v) is 14.9. The zero-order valence-electron chi connectivity index (χ0n) is 14.1. The third-order valence-corrected chi connectivity index (χ3v) is 8.02. The van der Waals surface area contributed by atoms with E-state index in [-0.39, 0.29) is 22.8 Å². The van der Waals surface area contributed by atoms with Gasteiger partial charge in [0.1, 0.15) is 17.8 Å². The predicted molar refractivity (Wildman–Crippen MR) is 94.7 cm³/mol. The van der Waals surface area contributed by atoms with Crippen LogP contribution in [0.3, 0.4) is 0 Å². The van der Waals surface area contributed by atoms with Gasteiger partial charge in [0.25, 0.3) is 0 Å². The molecule has 2 aliphatic rings. The number of hydrogen-bond acceptors (Lipinski definition) is 6. The van der Waals surface area contributed by atoms with Crippen LogP contribution in [0.1, 0.15) is 25.7 Å². The number of aromatic nitrogens is 3. The van der Waals surface area contributed by atoms with Gasteiger partial charge in [-0.3, -0.25) is 0 Å². The molecule has 2 saturated carbocycles. The molecule has 0 amide bonds. The highest BCUT2D eigenvalue weighted by Crippen LogP contribution is 2.39. The van der Waals surface area contributed by atoms with Crippen molar-refractivity contribution in [3.05, 3.63) is 18.6 Å². The number of sulfone groups is 1. The van der Waals surface area contributed by atoms with Crippen molar-refractivity contribution in [1.82, 2.24) is 15.0 Å². The van der Waals surface area contributed by atoms with E-state index < -0.39 is 9.84 Å². The van der Waals surface area contributed by atoms with Gasteiger partial charge in [-0.25, -0.2) is 18.4 Å². The van der Waals surface area contributed by atoms with Crippen molar-refractivity contribution in [3.63, 3.8) is 0 Å². The molecule has 0 radical (unpaired) electrons. The summed E-state index contributed by atoms with van der Waals surface area (Å²) in [4.78, 5) is 13.8. The number of nitrogens with zero attached hydrogens (tertiary/aromatic N) is 4. The van der Waals surface area contributed by atoms with Crippen molar-refractivity contribution in [2.45, 2.75) is 37.0 Å². The molecular formula is C17H21N5O2S. The summed E-state index contributed by atoms with van der Waals surface area (Å²) in [5.41, 5.74) is 0.812. The number of aromatic amines is 1. The van der Waals surface area contributed by atoms with Crippen LogP contribution in [0, 0.1) is 23.2 Å². The molecule has 8 heteroatoms. The molecule has 2 fully saturated rings. The lowest BCUT2D eigenvalue weighted by Gasteiger charge is -2.42. The third kappa shape index (κ3) is 2.86. The van der Waals surface area contributed by atoms with Crippen LogP contribution < -0.4 is 4.90 Å². The molecule has 0 spiro atoms. The number of rotatable bonds is 5. The fourth-order valence-electron chi connectivity index (χ4n) is 3.89. The van der Waals surface area contributed by atoms with Gasteiger partial charge in [0.2, 0.25) is 0 Å². The van der Waals surface area contributed by atoms with Gasteiger partial charge in [0.05, 0.1) is 22.5 Å². The fourth-order valence-corrected chi connectivity index (χ4v) is 6.15. The zero-order chi connectivity index (χ0) is 17.6. The Balaban J connectivity index is 1.36. The van der Waals surface area contributed by atoms with Crippen LogP contribution in [0.5, 0.6) is 0 Å². The van der Waals surface area contributed by atoms with E-state index in [1.807, 2.05) is 19.3 Å². The van der Waals surface area contributed by atoms with Crippen LogP contribution in [-0.2, 0) is 9.84 Å². The molecule has 0 unspecified atom stereocenters. The molecular weight excluding hydrogens is 338 g/mol. The number of fused-ring (bicyclic) bond motifs is 1. The van der Waals surface area contributed by atoms with Gasteiger partial charge in [0, 0.05) is 25.2 Å². The maximum absolute atomic E-state index is 12.4. The first-order valence-corrected chi connectivity index (χ1v) is 10.3. The summed E-state index contributed by atoms with van der Waals surface area (Å²) in [5, 5.41) is 9.50. The van der Waals surface area contributed by atoms with E-state index >= 15 is 0 Å². The van der Waals surface area contributed by atoms with Crippen molar-refractivity contribution in [2.24, 2.45) is 11.8 Å². The Hall–Kier alpha value is -2.14. The summed E-state index contributed by atoms with van der Waals surface area (Å²) < 4.78 is 24.8. The van der Waals surface area contributed by atoms with Gasteiger partial charge in [0.15, 0.2) is 9.84 Å². The van der Waals surface area contributed by atoms with Gasteiger partial charge in [-0.05, 0) is 37.7 Å². The predicted octanol–water partition coefficient (Wildman–Crippen LogP) is 1.89. The first-order valence-electron chi connectivity index (χ1n) is 8.60. The van der Waals surface area contributed by atoms with Gasteiger partial charge >= 0.3 is 0 Å². The van der Waals surface area contributed by atoms with Crippen molar-refractivity contribution in [1.29, 1.82) is 5.26 Å². The van der Waals surface area contributed by atoms with E-state index in [1.54, 1.807) is 6.33 Å². The normalized spacial score (nSPS) is 28.8. The van der Waals surface area contributed by atoms with Crippen molar-refractivity contribution in [2.75, 3.05) is 17.7 Å². The van der Waals surface area contributed by atoms with Crippen molar-refractivity contribution >= 4 is 26.7 Å². The standard InChI is InChI=1S/C17H21N5O2S/c1-22(17-15-2-3-19-16(15)20-10-21-17)13-4-12(5-13)9-25(23,24)14-6-11(7-14)8-18/h2-3,10-14H,4-7,9H2,1H3,(H,19,20,21)/t11-,12-,13+,14+. The van der Waals surface area contributed by atoms with Crippen LogP contribution in [0.4, 0.5) is 5.82 Å². The maximum atomic E-state index is 12.4. The van der Waals surface area contributed by atoms with Gasteiger partial charge in [-0.2, -0.15) is 5.26 Å². The van der Waals surface area contributed by atoms with E-state index in [0.29, 0.717) is 18.9 Å². The second-order valence-corrected chi connectivity index (χ2v) is 9.61. The summed E-state index contributed by atoms with van der Waals surface area (Å²) in [6.45, 7) is 0. The number of nitriles is 1. The number of hydrogen-bond donors (Lipinski definition) is 1. The lowest BCUT2D eigenvalue weighted by Crippen LogP contribution is -2.47. The molecule has 2 aromatic heterocycles. The fraction of sp³-hybridized carbons (Fsp3) is 0.588. The Kier molecular flexibility index (Phi) is 3.91. The third-order valence-electron chi connectivity index (χ3n) is 5.68. The molecule has 7 nitrogen and oxygen atoms in total. The molecule has 2 heterocycles. The Morgan fingerprint density at radius 3 is 2.80 bits per heavy atom. The molecule has 25 heavy (non-hydrogen) atoms. The van der Waals surface area contributed by atoms with Crippen molar-refractivity contribution in [3.8, 4) is 6.07 Å². The maximum Gasteiger partial charge on any atom is 0.153 e. The van der Waals surface area contributed by atoms with E-state index in [1.165, 1.54) is 0 Å². The summed E-state index contributed by atoms with van der Waals surface area (Å²) in [7, 11) is -1.06. The summed E-state index contributed by atoms with van der Waals surface area (Å²) in [6.07, 6.45) is 6.15. The molecule has 132 valence electrons. The van der Waals surface area contributed by atoms with Crippen LogP contribution in [-0.4, -0.2) is 47.5 Å². The topological polar surface area (TPSA) is 103 Å². The summed E-state index contributed by atoms with van der Waals surface area (Å²) in [6, 6.07) is 4.42. The highest BCUT2D eigenvalue weighted by atomic mass is 32.2. The Morgan fingerprint density at radius 2 is 2.08 bits per heavy atom. The van der Waals surface area contributed by atoms with Gasteiger partial charge in [-0.15, -0.1) is 0 Å². The van der Waals surface area contributed by atoms with Gasteiger partial charge in [-0.1, -0.05) is 0 Å². The molecule has 4 rings (SSSR count). The second-order valence-electron chi connectivity index (χ2n) is 7.29. The Morgan fingerprint density at radius 1 is 1.32 bits per heavy atom. The summed E-state index contributed by atoms with van der Waals surface area (Å²) >= 11 is 0. The average Bonchev–Trinajstić information content (AvgIpc) is 2.97. The number of H-pyrrole nitrogens is 1. The molecule has 2 aliphatic carbocycles. The number of nitrogens with one attached hydrogen (secondary N) is 1. The van der Waals surface area contributed by atoms with Gasteiger partial charge < -0.3 is 9.88 Å². The van der Waals surface area contributed by atoms with Crippen LogP contribution in [0.25, 0.3) is 11.0 Å². The first-order chi connectivity index (χ1) is 12.0. The van der Waals surface area contributed by atoms with Crippen LogP contribution in [0.2, 0.25) is 0 Å². The molecule has 2 aromatic rings. The van der Waals surface area contributed by atoms with E-state index in [9.17, 15) is 8.42 Å². The first kappa shape index (κ1) is 16.3. The Bertz CT molecular complexity index is 920. The Labute approximate surface area is 147 Å². The quantitative estimate of drug-likeness (QED) is 0.874. The minimum absolute atomic E-state index is 0.0680.